The standard InChI is InChI=1S/C20H21NOS/c1-14(23-18-10-9-15-6-4-7-17(15)13-18)20(22)21-12-11-16-5-2-3-8-19(16)21/h2-3,5,8-10,13-14H,4,6-7,11-12H2,1H3. The van der Waals surface area contributed by atoms with Gasteiger partial charge in [-0.1, -0.05) is 24.3 Å². The number of amides is 1. The lowest BCUT2D eigenvalue weighted by atomic mass is 10.1. The summed E-state index contributed by atoms with van der Waals surface area (Å²) in [5, 5.41) is -0.0550. The van der Waals surface area contributed by atoms with Crippen LogP contribution in [0.5, 0.6) is 0 Å². The van der Waals surface area contributed by atoms with Crippen molar-refractivity contribution in [2.75, 3.05) is 11.4 Å². The van der Waals surface area contributed by atoms with E-state index < -0.39 is 0 Å². The summed E-state index contributed by atoms with van der Waals surface area (Å²) in [5.74, 6) is 0.223. The Morgan fingerprint density at radius 2 is 1.87 bits per heavy atom. The molecule has 0 saturated carbocycles. The van der Waals surface area contributed by atoms with Crippen LogP contribution in [0.15, 0.2) is 47.4 Å². The Kier molecular flexibility index (Phi) is 3.90. The summed E-state index contributed by atoms with van der Waals surface area (Å²) in [5.41, 5.74) is 5.34. The van der Waals surface area contributed by atoms with Crippen LogP contribution < -0.4 is 4.90 Å². The van der Waals surface area contributed by atoms with Crippen LogP contribution in [0.3, 0.4) is 0 Å². The highest BCUT2D eigenvalue weighted by Gasteiger charge is 2.28. The van der Waals surface area contributed by atoms with Crippen LogP contribution >= 0.6 is 11.8 Å². The third-order valence-corrected chi connectivity index (χ3v) is 5.97. The Morgan fingerprint density at radius 3 is 2.78 bits per heavy atom. The molecule has 2 aliphatic rings. The van der Waals surface area contributed by atoms with E-state index in [1.165, 1.54) is 40.8 Å². The van der Waals surface area contributed by atoms with Crippen molar-refractivity contribution >= 4 is 23.4 Å². The fraction of sp³-hybridized carbons (Fsp3) is 0.350. The number of benzene rings is 2. The molecule has 0 saturated heterocycles. The van der Waals surface area contributed by atoms with E-state index in [2.05, 4.69) is 36.4 Å². The normalized spacial score (nSPS) is 17.0. The molecule has 0 spiro atoms. The van der Waals surface area contributed by atoms with E-state index in [0.29, 0.717) is 0 Å². The minimum atomic E-state index is -0.0550. The zero-order valence-corrected chi connectivity index (χ0v) is 14.2. The van der Waals surface area contributed by atoms with Crippen LogP contribution in [0.4, 0.5) is 5.69 Å². The molecule has 1 unspecified atom stereocenters. The van der Waals surface area contributed by atoms with Gasteiger partial charge in [0.2, 0.25) is 5.91 Å². The topological polar surface area (TPSA) is 20.3 Å². The van der Waals surface area contributed by atoms with E-state index in [1.54, 1.807) is 11.8 Å². The van der Waals surface area contributed by atoms with Crippen LogP contribution in [0.2, 0.25) is 0 Å². The summed E-state index contributed by atoms with van der Waals surface area (Å²) in [6, 6.07) is 15.0. The minimum absolute atomic E-state index is 0.0550. The number of fused-ring (bicyclic) bond motifs is 2. The highest BCUT2D eigenvalue weighted by atomic mass is 32.2. The largest absolute Gasteiger partial charge is 0.311 e. The molecule has 2 aromatic rings. The summed E-state index contributed by atoms with van der Waals surface area (Å²) < 4.78 is 0. The fourth-order valence-corrected chi connectivity index (χ4v) is 4.66. The molecule has 2 aromatic carbocycles. The Balaban J connectivity index is 1.49. The SMILES string of the molecule is CC(Sc1ccc2c(c1)CCC2)C(=O)N1CCc2ccccc21. The fourth-order valence-electron chi connectivity index (χ4n) is 3.66. The van der Waals surface area contributed by atoms with E-state index >= 15 is 0 Å². The molecule has 3 heteroatoms. The first kappa shape index (κ1) is 14.8. The molecule has 23 heavy (non-hydrogen) atoms. The van der Waals surface area contributed by atoms with Gasteiger partial charge in [0.1, 0.15) is 0 Å². The predicted octanol–water partition coefficient (Wildman–Crippen LogP) is 4.25. The number of hydrogen-bond donors (Lipinski definition) is 0. The van der Waals surface area contributed by atoms with Crippen molar-refractivity contribution in [2.45, 2.75) is 42.8 Å². The van der Waals surface area contributed by atoms with Gasteiger partial charge in [-0.15, -0.1) is 11.8 Å². The van der Waals surface area contributed by atoms with Crippen molar-refractivity contribution in [3.8, 4) is 0 Å². The molecule has 4 rings (SSSR count). The molecular formula is C20H21NOS. The van der Waals surface area contributed by atoms with E-state index in [9.17, 15) is 4.79 Å². The lowest BCUT2D eigenvalue weighted by molar-refractivity contribution is -0.117. The third kappa shape index (κ3) is 2.78. The maximum absolute atomic E-state index is 12.9. The molecule has 118 valence electrons. The molecule has 0 bridgehead atoms. The summed E-state index contributed by atoms with van der Waals surface area (Å²) in [7, 11) is 0. The van der Waals surface area contributed by atoms with Crippen molar-refractivity contribution in [3.05, 3.63) is 59.2 Å². The van der Waals surface area contributed by atoms with Gasteiger partial charge in [0.15, 0.2) is 0 Å². The number of nitrogens with zero attached hydrogens (tertiary/aromatic N) is 1. The van der Waals surface area contributed by atoms with Gasteiger partial charge in [-0.25, -0.2) is 0 Å². The van der Waals surface area contributed by atoms with Gasteiger partial charge in [0, 0.05) is 17.1 Å². The molecule has 1 amide bonds. The number of carbonyl (C=O) groups is 1. The lowest BCUT2D eigenvalue weighted by Gasteiger charge is -2.21. The smallest absolute Gasteiger partial charge is 0.240 e. The molecule has 0 aromatic heterocycles. The molecule has 1 aliphatic heterocycles. The first-order valence-electron chi connectivity index (χ1n) is 8.40. The zero-order valence-electron chi connectivity index (χ0n) is 13.4. The van der Waals surface area contributed by atoms with Crippen LogP contribution in [0.1, 0.15) is 30.0 Å². The minimum Gasteiger partial charge on any atom is -0.311 e. The summed E-state index contributed by atoms with van der Waals surface area (Å²) in [4.78, 5) is 16.0. The molecule has 1 atom stereocenters. The number of hydrogen-bond acceptors (Lipinski definition) is 2. The van der Waals surface area contributed by atoms with Gasteiger partial charge >= 0.3 is 0 Å². The summed E-state index contributed by atoms with van der Waals surface area (Å²) in [6.45, 7) is 2.84. The molecule has 1 aliphatic carbocycles. The quantitative estimate of drug-likeness (QED) is 0.787. The zero-order chi connectivity index (χ0) is 15.8. The second kappa shape index (κ2) is 6.04. The van der Waals surface area contributed by atoms with E-state index in [1.807, 2.05) is 17.9 Å². The van der Waals surface area contributed by atoms with Gasteiger partial charge in [-0.3, -0.25) is 4.79 Å². The van der Waals surface area contributed by atoms with Gasteiger partial charge in [-0.2, -0.15) is 0 Å². The Morgan fingerprint density at radius 1 is 1.04 bits per heavy atom. The average Bonchev–Trinajstić information content (AvgIpc) is 3.20. The van der Waals surface area contributed by atoms with Crippen molar-refractivity contribution in [2.24, 2.45) is 0 Å². The average molecular weight is 323 g/mol. The number of rotatable bonds is 3. The number of anilines is 1. The van der Waals surface area contributed by atoms with E-state index in [4.69, 9.17) is 0 Å². The Hall–Kier alpha value is -1.74. The van der Waals surface area contributed by atoms with Crippen molar-refractivity contribution in [3.63, 3.8) is 0 Å². The molecular weight excluding hydrogens is 302 g/mol. The highest BCUT2D eigenvalue weighted by molar-refractivity contribution is 8.00. The Bertz CT molecular complexity index is 755. The number of thioether (sulfide) groups is 1. The van der Waals surface area contributed by atoms with Gasteiger partial charge in [0.05, 0.1) is 5.25 Å². The van der Waals surface area contributed by atoms with Crippen molar-refractivity contribution in [1.82, 2.24) is 0 Å². The van der Waals surface area contributed by atoms with Crippen LogP contribution in [-0.2, 0) is 24.1 Å². The molecule has 1 heterocycles. The molecule has 0 radical (unpaired) electrons. The lowest BCUT2D eigenvalue weighted by Crippen LogP contribution is -2.35. The predicted molar refractivity (Wildman–Crippen MR) is 96.3 cm³/mol. The van der Waals surface area contributed by atoms with E-state index in [0.717, 1.165) is 18.7 Å². The maximum atomic E-state index is 12.9. The van der Waals surface area contributed by atoms with Crippen molar-refractivity contribution < 1.29 is 4.79 Å². The monoisotopic (exact) mass is 323 g/mol. The van der Waals surface area contributed by atoms with Crippen molar-refractivity contribution in [1.29, 1.82) is 0 Å². The maximum Gasteiger partial charge on any atom is 0.240 e. The first-order valence-corrected chi connectivity index (χ1v) is 9.28. The van der Waals surface area contributed by atoms with Gasteiger partial charge in [-0.05, 0) is 67.5 Å². The van der Waals surface area contributed by atoms with Gasteiger partial charge in [0.25, 0.3) is 0 Å². The van der Waals surface area contributed by atoms with E-state index in [-0.39, 0.29) is 11.2 Å². The van der Waals surface area contributed by atoms with Crippen LogP contribution in [0.25, 0.3) is 0 Å². The number of para-hydroxylation sites is 1. The van der Waals surface area contributed by atoms with Crippen LogP contribution in [0, 0.1) is 0 Å². The highest BCUT2D eigenvalue weighted by Crippen LogP contribution is 2.33. The number of aryl methyl sites for hydroxylation is 2. The number of carbonyl (C=O) groups excluding carboxylic acids is 1. The first-order chi connectivity index (χ1) is 11.2. The Labute approximate surface area is 141 Å². The third-order valence-electron chi connectivity index (χ3n) is 4.88. The summed E-state index contributed by atoms with van der Waals surface area (Å²) >= 11 is 1.69. The molecule has 0 N–H and O–H groups in total. The summed E-state index contributed by atoms with van der Waals surface area (Å²) in [6.07, 6.45) is 4.63. The second-order valence-corrected chi connectivity index (χ2v) is 7.83. The molecule has 0 fully saturated rings. The second-order valence-electron chi connectivity index (χ2n) is 6.41. The van der Waals surface area contributed by atoms with Crippen LogP contribution in [-0.4, -0.2) is 17.7 Å². The van der Waals surface area contributed by atoms with Gasteiger partial charge < -0.3 is 4.90 Å². The molecule has 2 nitrogen and oxygen atoms in total.